The van der Waals surface area contributed by atoms with Crippen molar-refractivity contribution in [3.8, 4) is 11.8 Å². The van der Waals surface area contributed by atoms with E-state index in [0.29, 0.717) is 11.3 Å². The van der Waals surface area contributed by atoms with Gasteiger partial charge >= 0.3 is 6.61 Å². The van der Waals surface area contributed by atoms with Crippen molar-refractivity contribution in [2.24, 2.45) is 0 Å². The van der Waals surface area contributed by atoms with E-state index < -0.39 is 12.5 Å². The van der Waals surface area contributed by atoms with E-state index in [1.54, 1.807) is 12.1 Å². The second-order valence-corrected chi connectivity index (χ2v) is 5.12. The number of alkyl halides is 2. The van der Waals surface area contributed by atoms with Crippen molar-refractivity contribution in [3.63, 3.8) is 0 Å². The van der Waals surface area contributed by atoms with Crippen molar-refractivity contribution >= 4 is 17.7 Å². The average molecular weight is 342 g/mol. The number of ether oxygens (including phenoxy) is 1. The molecule has 0 aliphatic carbocycles. The molecular formula is C19H16F2N2O2. The highest BCUT2D eigenvalue weighted by atomic mass is 19.3. The van der Waals surface area contributed by atoms with E-state index in [2.05, 4.69) is 10.1 Å². The van der Waals surface area contributed by atoms with Gasteiger partial charge in [0.15, 0.2) is 0 Å². The summed E-state index contributed by atoms with van der Waals surface area (Å²) >= 11 is 0. The molecule has 0 heterocycles. The van der Waals surface area contributed by atoms with E-state index in [1.165, 1.54) is 30.3 Å². The number of anilines is 1. The molecular weight excluding hydrogens is 326 g/mol. The lowest BCUT2D eigenvalue weighted by Gasteiger charge is -2.06. The molecule has 0 aliphatic heterocycles. The Hall–Kier alpha value is -3.20. The zero-order valence-corrected chi connectivity index (χ0v) is 13.5. The number of nitrogens with zero attached hydrogens (tertiary/aromatic N) is 1. The van der Waals surface area contributed by atoms with Crippen molar-refractivity contribution in [1.82, 2.24) is 0 Å². The van der Waals surface area contributed by atoms with Crippen molar-refractivity contribution < 1.29 is 18.3 Å². The third-order valence-electron chi connectivity index (χ3n) is 3.40. The lowest BCUT2D eigenvalue weighted by Crippen LogP contribution is -2.13. The van der Waals surface area contributed by atoms with Gasteiger partial charge in [0.1, 0.15) is 17.4 Å². The first-order chi connectivity index (χ1) is 12.0. The Balaban J connectivity index is 2.10. The quantitative estimate of drug-likeness (QED) is 0.625. The van der Waals surface area contributed by atoms with E-state index in [1.807, 2.05) is 25.1 Å². The van der Waals surface area contributed by atoms with Crippen molar-refractivity contribution in [2.45, 2.75) is 20.0 Å². The zero-order valence-electron chi connectivity index (χ0n) is 13.5. The minimum Gasteiger partial charge on any atom is -0.435 e. The van der Waals surface area contributed by atoms with Crippen LogP contribution in [0, 0.1) is 11.3 Å². The highest BCUT2D eigenvalue weighted by Crippen LogP contribution is 2.17. The number of hydrogen-bond donors (Lipinski definition) is 1. The molecule has 0 saturated heterocycles. The Morgan fingerprint density at radius 3 is 2.36 bits per heavy atom. The number of nitrogens with one attached hydrogen (secondary N) is 1. The van der Waals surface area contributed by atoms with Gasteiger partial charge in [0.25, 0.3) is 5.91 Å². The molecule has 0 radical (unpaired) electrons. The fourth-order valence-electron chi connectivity index (χ4n) is 2.08. The molecule has 1 N–H and O–H groups in total. The van der Waals surface area contributed by atoms with E-state index in [0.717, 1.165) is 12.0 Å². The van der Waals surface area contributed by atoms with Crippen LogP contribution in [0.3, 0.4) is 0 Å². The number of carbonyl (C=O) groups is 1. The van der Waals surface area contributed by atoms with Crippen LogP contribution in [0.4, 0.5) is 14.5 Å². The van der Waals surface area contributed by atoms with Crippen molar-refractivity contribution in [2.75, 3.05) is 5.32 Å². The number of hydrogen-bond acceptors (Lipinski definition) is 3. The summed E-state index contributed by atoms with van der Waals surface area (Å²) in [6.07, 6.45) is 2.27. The zero-order chi connectivity index (χ0) is 18.2. The first-order valence-electron chi connectivity index (χ1n) is 7.58. The van der Waals surface area contributed by atoms with E-state index in [-0.39, 0.29) is 11.3 Å². The van der Waals surface area contributed by atoms with Crippen LogP contribution in [-0.2, 0) is 11.2 Å². The molecule has 25 heavy (non-hydrogen) atoms. The Morgan fingerprint density at radius 2 is 1.84 bits per heavy atom. The fraction of sp³-hybridized carbons (Fsp3) is 0.158. The largest absolute Gasteiger partial charge is 0.435 e. The fourth-order valence-corrected chi connectivity index (χ4v) is 2.08. The van der Waals surface area contributed by atoms with E-state index >= 15 is 0 Å². The molecule has 0 aliphatic rings. The normalized spacial score (nSPS) is 11.1. The summed E-state index contributed by atoms with van der Waals surface area (Å²) in [5.74, 6) is -0.536. The molecule has 6 heteroatoms. The van der Waals surface area contributed by atoms with Gasteiger partial charge in [0.2, 0.25) is 0 Å². The molecule has 0 fully saturated rings. The smallest absolute Gasteiger partial charge is 0.387 e. The standard InChI is InChI=1S/C19H16F2N2O2/c1-2-13-3-7-16(8-4-13)23-18(24)15(12-22)11-14-5-9-17(10-6-14)25-19(20)21/h3-11,19H,2H2,1H3,(H,23,24)/b15-11+. The molecule has 0 unspecified atom stereocenters. The number of aryl methyl sites for hydroxylation is 1. The topological polar surface area (TPSA) is 62.1 Å². The first-order valence-corrected chi connectivity index (χ1v) is 7.58. The molecule has 128 valence electrons. The highest BCUT2D eigenvalue weighted by Gasteiger charge is 2.10. The van der Waals surface area contributed by atoms with Gasteiger partial charge < -0.3 is 10.1 Å². The number of nitriles is 1. The molecule has 2 aromatic rings. The van der Waals surface area contributed by atoms with Crippen molar-refractivity contribution in [1.29, 1.82) is 5.26 Å². The molecule has 2 aromatic carbocycles. The molecule has 2 rings (SSSR count). The summed E-state index contributed by atoms with van der Waals surface area (Å²) in [6, 6.07) is 14.8. The minimum absolute atomic E-state index is 0.00567. The second-order valence-electron chi connectivity index (χ2n) is 5.12. The Labute approximate surface area is 144 Å². The van der Waals surface area contributed by atoms with Crippen LogP contribution in [0.2, 0.25) is 0 Å². The lowest BCUT2D eigenvalue weighted by atomic mass is 10.1. The van der Waals surface area contributed by atoms with Crippen LogP contribution < -0.4 is 10.1 Å². The molecule has 0 aromatic heterocycles. The monoisotopic (exact) mass is 342 g/mol. The molecule has 0 bridgehead atoms. The van der Waals surface area contributed by atoms with Crippen LogP contribution in [0.1, 0.15) is 18.1 Å². The van der Waals surface area contributed by atoms with Gasteiger partial charge in [0.05, 0.1) is 0 Å². The maximum absolute atomic E-state index is 12.2. The molecule has 1 amide bonds. The summed E-state index contributed by atoms with van der Waals surface area (Å²) in [5, 5.41) is 11.8. The van der Waals surface area contributed by atoms with Gasteiger partial charge in [-0.25, -0.2) is 0 Å². The van der Waals surface area contributed by atoms with Gasteiger partial charge in [-0.05, 0) is 47.9 Å². The highest BCUT2D eigenvalue weighted by molar-refractivity contribution is 6.09. The van der Waals surface area contributed by atoms with Crippen LogP contribution in [0.15, 0.2) is 54.1 Å². The van der Waals surface area contributed by atoms with Crippen LogP contribution in [0.5, 0.6) is 5.75 Å². The minimum atomic E-state index is -2.90. The predicted molar refractivity (Wildman–Crippen MR) is 91.1 cm³/mol. The van der Waals surface area contributed by atoms with Crippen LogP contribution in [-0.4, -0.2) is 12.5 Å². The number of carbonyl (C=O) groups excluding carboxylic acids is 1. The van der Waals surface area contributed by atoms with Crippen molar-refractivity contribution in [3.05, 3.63) is 65.2 Å². The van der Waals surface area contributed by atoms with Crippen LogP contribution >= 0.6 is 0 Å². The summed E-state index contributed by atoms with van der Waals surface area (Å²) < 4.78 is 28.5. The number of halogens is 2. The van der Waals surface area contributed by atoms with Gasteiger partial charge in [0, 0.05) is 5.69 Å². The number of rotatable bonds is 6. The van der Waals surface area contributed by atoms with Gasteiger partial charge in [-0.1, -0.05) is 31.2 Å². The lowest BCUT2D eigenvalue weighted by molar-refractivity contribution is -0.112. The Morgan fingerprint density at radius 1 is 1.20 bits per heavy atom. The Bertz CT molecular complexity index is 792. The molecule has 0 atom stereocenters. The average Bonchev–Trinajstić information content (AvgIpc) is 2.61. The molecule has 4 nitrogen and oxygen atoms in total. The third-order valence-corrected chi connectivity index (χ3v) is 3.40. The number of benzene rings is 2. The van der Waals surface area contributed by atoms with Crippen LogP contribution in [0.25, 0.3) is 6.08 Å². The second kappa shape index (κ2) is 8.60. The number of amides is 1. The summed E-state index contributed by atoms with van der Waals surface area (Å²) in [4.78, 5) is 12.2. The van der Waals surface area contributed by atoms with Gasteiger partial charge in [-0.15, -0.1) is 0 Å². The maximum Gasteiger partial charge on any atom is 0.387 e. The summed E-state index contributed by atoms with van der Waals surface area (Å²) in [6.45, 7) is -0.872. The van der Waals surface area contributed by atoms with E-state index in [9.17, 15) is 18.8 Å². The maximum atomic E-state index is 12.2. The first kappa shape index (κ1) is 18.1. The SMILES string of the molecule is CCc1ccc(NC(=O)/C(C#N)=C/c2ccc(OC(F)F)cc2)cc1. The summed E-state index contributed by atoms with van der Waals surface area (Å²) in [7, 11) is 0. The third kappa shape index (κ3) is 5.43. The predicted octanol–water partition coefficient (Wildman–Crippen LogP) is 4.40. The van der Waals surface area contributed by atoms with Gasteiger partial charge in [-0.3, -0.25) is 4.79 Å². The molecule has 0 spiro atoms. The van der Waals surface area contributed by atoms with Gasteiger partial charge in [-0.2, -0.15) is 14.0 Å². The Kier molecular flexibility index (Phi) is 6.24. The summed E-state index contributed by atoms with van der Waals surface area (Å²) in [5.41, 5.74) is 2.15. The molecule has 0 saturated carbocycles. The van der Waals surface area contributed by atoms with E-state index in [4.69, 9.17) is 0 Å².